The van der Waals surface area contributed by atoms with Gasteiger partial charge in [-0.3, -0.25) is 0 Å². The Morgan fingerprint density at radius 3 is 2.18 bits per heavy atom. The van der Waals surface area contributed by atoms with E-state index in [1.165, 1.54) is 18.2 Å². The Balaban J connectivity index is 2.44. The first-order valence-corrected chi connectivity index (χ1v) is 13.3. The maximum absolute atomic E-state index is 14.0. The summed E-state index contributed by atoms with van der Waals surface area (Å²) < 4.78 is 62.6. The molecule has 10 heteroatoms. The van der Waals surface area contributed by atoms with Crippen LogP contribution < -0.4 is 10.1 Å². The number of rotatable bonds is 5. The van der Waals surface area contributed by atoms with Gasteiger partial charge >= 0.3 is 172 Å². The number of hydrogen-bond acceptors (Lipinski definition) is 2. The molecular formula is C18H15Cl2F4NO2Ru. The Kier molecular flexibility index (Phi) is 7.60. The van der Waals surface area contributed by atoms with Crippen molar-refractivity contribution in [2.24, 2.45) is 0 Å². The quantitative estimate of drug-likeness (QED) is 0.311. The summed E-state index contributed by atoms with van der Waals surface area (Å²) in [7, 11) is 11.8. The van der Waals surface area contributed by atoms with Gasteiger partial charge in [0.1, 0.15) is 0 Å². The number of anilines is 1. The van der Waals surface area contributed by atoms with Crippen molar-refractivity contribution in [3.63, 3.8) is 0 Å². The molecule has 0 atom stereocenters. The number of nitrogens with one attached hydrogen (secondary N) is 1. The van der Waals surface area contributed by atoms with Crippen molar-refractivity contribution in [2.45, 2.75) is 26.9 Å². The molecule has 0 aliphatic carbocycles. The van der Waals surface area contributed by atoms with Crippen LogP contribution in [0, 0.1) is 30.2 Å². The topological polar surface area (TPSA) is 38.3 Å². The van der Waals surface area contributed by atoms with Crippen molar-refractivity contribution in [1.82, 2.24) is 0 Å². The number of ether oxygens (including phenoxy) is 1. The van der Waals surface area contributed by atoms with Crippen LogP contribution in [0.15, 0.2) is 18.2 Å². The van der Waals surface area contributed by atoms with E-state index < -0.39 is 53.8 Å². The van der Waals surface area contributed by atoms with Crippen LogP contribution in [0.2, 0.25) is 0 Å². The molecule has 0 radical (unpaired) electrons. The van der Waals surface area contributed by atoms with Crippen LogP contribution in [0.4, 0.5) is 23.2 Å². The molecule has 154 valence electrons. The number of halogens is 6. The molecule has 0 heterocycles. The van der Waals surface area contributed by atoms with E-state index >= 15 is 0 Å². The second-order valence-electron chi connectivity index (χ2n) is 5.94. The van der Waals surface area contributed by atoms with Crippen molar-refractivity contribution in [2.75, 3.05) is 5.32 Å². The molecule has 0 spiro atoms. The summed E-state index contributed by atoms with van der Waals surface area (Å²) in [6.45, 7) is 4.48. The zero-order chi connectivity index (χ0) is 21.2. The van der Waals surface area contributed by atoms with E-state index in [2.05, 4.69) is 5.32 Å². The van der Waals surface area contributed by atoms with Crippen molar-refractivity contribution in [1.29, 1.82) is 0 Å². The molecule has 2 aromatic carbocycles. The average molecular weight is 525 g/mol. The fourth-order valence-electron chi connectivity index (χ4n) is 2.28. The molecule has 0 saturated heterocycles. The van der Waals surface area contributed by atoms with Crippen LogP contribution in [0.1, 0.15) is 35.3 Å². The first kappa shape index (κ1) is 22.8. The van der Waals surface area contributed by atoms with Crippen LogP contribution in [-0.2, 0) is 13.5 Å². The van der Waals surface area contributed by atoms with Gasteiger partial charge in [-0.05, 0) is 0 Å². The van der Waals surface area contributed by atoms with Crippen molar-refractivity contribution >= 4 is 35.6 Å². The number of benzene rings is 2. The van der Waals surface area contributed by atoms with Gasteiger partial charge in [-0.15, -0.1) is 0 Å². The SMILES string of the molecule is Cc1c(F)c(F)c(C(=O)Nc2ccc(OC(C)C)c([CH]=[Ru]([Cl])[Cl])c2)c(F)c1F. The molecule has 3 nitrogen and oxygen atoms in total. The van der Waals surface area contributed by atoms with Gasteiger partial charge in [0.25, 0.3) is 0 Å². The zero-order valence-electron chi connectivity index (χ0n) is 14.8. The summed E-state index contributed by atoms with van der Waals surface area (Å²) in [4.78, 5) is 12.3. The van der Waals surface area contributed by atoms with Gasteiger partial charge in [0.15, 0.2) is 0 Å². The van der Waals surface area contributed by atoms with Crippen molar-refractivity contribution < 1.29 is 40.6 Å². The Morgan fingerprint density at radius 1 is 1.11 bits per heavy atom. The molecule has 1 amide bonds. The molecule has 0 fully saturated rings. The molecule has 28 heavy (non-hydrogen) atoms. The van der Waals surface area contributed by atoms with Gasteiger partial charge < -0.3 is 0 Å². The third kappa shape index (κ3) is 5.10. The van der Waals surface area contributed by atoms with Crippen LogP contribution >= 0.6 is 19.4 Å². The zero-order valence-corrected chi connectivity index (χ0v) is 18.1. The van der Waals surface area contributed by atoms with E-state index in [4.69, 9.17) is 24.1 Å². The van der Waals surface area contributed by atoms with Crippen LogP contribution in [0.5, 0.6) is 5.75 Å². The Hall–Kier alpha value is -1.50. The summed E-state index contributed by atoms with van der Waals surface area (Å²) in [5.41, 5.74) is -1.62. The average Bonchev–Trinajstić information content (AvgIpc) is 2.60. The third-order valence-corrected chi connectivity index (χ3v) is 5.36. The molecule has 0 saturated carbocycles. The molecule has 2 aromatic rings. The molecule has 0 bridgehead atoms. The van der Waals surface area contributed by atoms with Crippen molar-refractivity contribution in [3.05, 3.63) is 58.2 Å². The third-order valence-electron chi connectivity index (χ3n) is 3.53. The molecule has 1 N–H and O–H groups in total. The molecule has 0 unspecified atom stereocenters. The van der Waals surface area contributed by atoms with Gasteiger partial charge in [-0.2, -0.15) is 0 Å². The monoisotopic (exact) mass is 525 g/mol. The molecule has 0 aliphatic heterocycles. The van der Waals surface area contributed by atoms with E-state index in [1.807, 2.05) is 13.8 Å². The number of amides is 1. The predicted octanol–water partition coefficient (Wildman–Crippen LogP) is 5.67. The first-order chi connectivity index (χ1) is 13.0. The fourth-order valence-corrected chi connectivity index (χ4v) is 4.07. The number of carbonyl (C=O) groups excluding carboxylic acids is 1. The summed E-state index contributed by atoms with van der Waals surface area (Å²) in [5.74, 6) is -7.70. The second-order valence-corrected chi connectivity index (χ2v) is 11.7. The van der Waals surface area contributed by atoms with Gasteiger partial charge in [0.2, 0.25) is 0 Å². The van der Waals surface area contributed by atoms with Crippen LogP contribution in [0.25, 0.3) is 0 Å². The second kappa shape index (κ2) is 9.33. The fraction of sp³-hybridized carbons (Fsp3) is 0.222. The number of hydrogen-bond donors (Lipinski definition) is 1. The van der Waals surface area contributed by atoms with Crippen LogP contribution in [-0.4, -0.2) is 16.6 Å². The summed E-state index contributed by atoms with van der Waals surface area (Å²) >= 11 is -2.26. The van der Waals surface area contributed by atoms with E-state index in [0.717, 1.165) is 6.92 Å². The molecule has 2 rings (SSSR count). The van der Waals surface area contributed by atoms with Gasteiger partial charge in [-0.25, -0.2) is 0 Å². The van der Waals surface area contributed by atoms with Crippen molar-refractivity contribution in [3.8, 4) is 5.75 Å². The van der Waals surface area contributed by atoms with Gasteiger partial charge in [0, 0.05) is 0 Å². The van der Waals surface area contributed by atoms with E-state index in [1.54, 1.807) is 4.61 Å². The maximum atomic E-state index is 14.0. The predicted molar refractivity (Wildman–Crippen MR) is 98.0 cm³/mol. The summed E-state index contributed by atoms with van der Waals surface area (Å²) in [6, 6.07) is 4.34. The van der Waals surface area contributed by atoms with Crippen LogP contribution in [0.3, 0.4) is 0 Å². The minimum atomic E-state index is -2.26. The van der Waals surface area contributed by atoms with E-state index in [-0.39, 0.29) is 11.8 Å². The Bertz CT molecular complexity index is 934. The number of carbonyl (C=O) groups is 1. The van der Waals surface area contributed by atoms with E-state index in [9.17, 15) is 22.4 Å². The molecule has 0 aliphatic rings. The van der Waals surface area contributed by atoms with Gasteiger partial charge in [-0.1, -0.05) is 0 Å². The first-order valence-electron chi connectivity index (χ1n) is 7.80. The summed E-state index contributed by atoms with van der Waals surface area (Å²) in [6.07, 6.45) is -0.152. The minimum absolute atomic E-state index is 0.108. The Morgan fingerprint density at radius 2 is 1.68 bits per heavy atom. The van der Waals surface area contributed by atoms with E-state index in [0.29, 0.717) is 11.3 Å². The standard InChI is InChI=1S/C18H15F4NO2.2ClH.Ru/c1-8(2)25-12-6-5-11(7-9(12)3)23-18(24)13-16(21)14(19)10(4)15(20)17(13)22;;;/h3,5-8H,1-2,4H3,(H,23,24);2*1H;/q;;;+2/p-2. The normalized spacial score (nSPS) is 11.4. The molecule has 0 aromatic heterocycles. The summed E-state index contributed by atoms with van der Waals surface area (Å²) in [5, 5.41) is 2.21. The molecular weight excluding hydrogens is 510 g/mol. The Labute approximate surface area is 172 Å². The van der Waals surface area contributed by atoms with Gasteiger partial charge in [0.05, 0.1) is 0 Å².